The Labute approximate surface area is 291 Å². The predicted octanol–water partition coefficient (Wildman–Crippen LogP) is 13.5. The van der Waals surface area contributed by atoms with Gasteiger partial charge in [0, 0.05) is 34.1 Å². The van der Waals surface area contributed by atoms with E-state index in [9.17, 15) is 0 Å². The molecule has 240 valence electrons. The van der Waals surface area contributed by atoms with E-state index < -0.39 is 0 Å². The van der Waals surface area contributed by atoms with Crippen LogP contribution in [0, 0.1) is 34.6 Å². The molecule has 2 nitrogen and oxygen atoms in total. The van der Waals surface area contributed by atoms with Gasteiger partial charge in [-0.05, 0) is 151 Å². The summed E-state index contributed by atoms with van der Waals surface area (Å²) in [5.41, 5.74) is 17.7. The van der Waals surface area contributed by atoms with E-state index in [1.54, 1.807) is 0 Å². The topological polar surface area (TPSA) is 6.48 Å². The van der Waals surface area contributed by atoms with Crippen molar-refractivity contribution in [2.75, 3.05) is 9.80 Å². The van der Waals surface area contributed by atoms with Crippen molar-refractivity contribution >= 4 is 34.1 Å². The van der Waals surface area contributed by atoms with Gasteiger partial charge < -0.3 is 9.80 Å². The largest absolute Gasteiger partial charge is 0.310 e. The average molecular weight is 635 g/mol. The summed E-state index contributed by atoms with van der Waals surface area (Å²) in [5.74, 6) is 0. The standard InChI is InChI=1S/C47H42N2/c1-33-24-34(2)27-44(26-33)48(42-20-16-40(17-21-42)38-12-8-6-9-13-38)46-30-37(5)31-47(32-46)49(45-28-35(3)25-36(4)29-45)43-22-18-41(19-23-43)39-14-10-7-11-15-39/h6-32H,1-5H3. The summed E-state index contributed by atoms with van der Waals surface area (Å²) in [6.45, 7) is 10.9. The molecule has 7 rings (SSSR count). The molecule has 2 heteroatoms. The van der Waals surface area contributed by atoms with Crippen LogP contribution in [0.15, 0.2) is 164 Å². The van der Waals surface area contributed by atoms with Gasteiger partial charge in [-0.1, -0.05) is 97.1 Å². The summed E-state index contributed by atoms with van der Waals surface area (Å²) in [6.07, 6.45) is 0. The number of hydrogen-bond acceptors (Lipinski definition) is 2. The first-order valence-electron chi connectivity index (χ1n) is 17.0. The minimum Gasteiger partial charge on any atom is -0.310 e. The lowest BCUT2D eigenvalue weighted by Crippen LogP contribution is -2.14. The monoisotopic (exact) mass is 634 g/mol. The Kier molecular flexibility index (Phi) is 8.87. The molecular formula is C47H42N2. The Morgan fingerprint density at radius 1 is 0.245 bits per heavy atom. The molecule has 0 N–H and O–H groups in total. The third-order valence-electron chi connectivity index (χ3n) is 8.96. The molecule has 0 aliphatic carbocycles. The number of benzene rings is 7. The molecule has 0 unspecified atom stereocenters. The van der Waals surface area contributed by atoms with E-state index >= 15 is 0 Å². The molecule has 0 saturated heterocycles. The Hall–Kier alpha value is -5.86. The van der Waals surface area contributed by atoms with Crippen molar-refractivity contribution in [2.24, 2.45) is 0 Å². The minimum absolute atomic E-state index is 1.11. The maximum Gasteiger partial charge on any atom is 0.0485 e. The third kappa shape index (κ3) is 7.05. The molecule has 0 spiro atoms. The van der Waals surface area contributed by atoms with Crippen LogP contribution in [0.5, 0.6) is 0 Å². The first-order chi connectivity index (χ1) is 23.8. The van der Waals surface area contributed by atoms with Gasteiger partial charge in [0.25, 0.3) is 0 Å². The molecule has 0 radical (unpaired) electrons. The summed E-state index contributed by atoms with van der Waals surface area (Å²) in [4.78, 5) is 4.78. The summed E-state index contributed by atoms with van der Waals surface area (Å²) >= 11 is 0. The van der Waals surface area contributed by atoms with Crippen LogP contribution in [0.1, 0.15) is 27.8 Å². The van der Waals surface area contributed by atoms with Crippen LogP contribution in [0.4, 0.5) is 34.1 Å². The van der Waals surface area contributed by atoms with E-state index in [1.807, 2.05) is 0 Å². The fourth-order valence-corrected chi connectivity index (χ4v) is 6.92. The molecule has 0 aliphatic heterocycles. The summed E-state index contributed by atoms with van der Waals surface area (Å²) < 4.78 is 0. The number of rotatable bonds is 8. The van der Waals surface area contributed by atoms with Crippen LogP contribution in [0.3, 0.4) is 0 Å². The molecule has 0 amide bonds. The van der Waals surface area contributed by atoms with Gasteiger partial charge in [0.05, 0.1) is 0 Å². The predicted molar refractivity (Wildman–Crippen MR) is 210 cm³/mol. The average Bonchev–Trinajstić information content (AvgIpc) is 3.09. The molecule has 7 aromatic rings. The van der Waals surface area contributed by atoms with Crippen molar-refractivity contribution in [3.05, 3.63) is 192 Å². The lowest BCUT2D eigenvalue weighted by molar-refractivity contribution is 1.22. The van der Waals surface area contributed by atoms with Crippen molar-refractivity contribution in [1.29, 1.82) is 0 Å². The number of hydrogen-bond donors (Lipinski definition) is 0. The lowest BCUT2D eigenvalue weighted by atomic mass is 10.0. The van der Waals surface area contributed by atoms with Crippen molar-refractivity contribution in [3.63, 3.8) is 0 Å². The molecule has 0 saturated carbocycles. The van der Waals surface area contributed by atoms with E-state index in [0.29, 0.717) is 0 Å². The van der Waals surface area contributed by atoms with Crippen molar-refractivity contribution < 1.29 is 0 Å². The zero-order chi connectivity index (χ0) is 33.9. The van der Waals surface area contributed by atoms with E-state index in [4.69, 9.17) is 0 Å². The van der Waals surface area contributed by atoms with Crippen LogP contribution in [-0.4, -0.2) is 0 Å². The van der Waals surface area contributed by atoms with Crippen molar-refractivity contribution in [1.82, 2.24) is 0 Å². The molecule has 0 heterocycles. The summed E-state index contributed by atoms with van der Waals surface area (Å²) in [7, 11) is 0. The molecule has 7 aromatic carbocycles. The van der Waals surface area contributed by atoms with Gasteiger partial charge in [0.2, 0.25) is 0 Å². The molecule has 0 atom stereocenters. The smallest absolute Gasteiger partial charge is 0.0485 e. The molecule has 0 fully saturated rings. The van der Waals surface area contributed by atoms with Gasteiger partial charge in [-0.3, -0.25) is 0 Å². The van der Waals surface area contributed by atoms with Crippen LogP contribution in [0.25, 0.3) is 22.3 Å². The van der Waals surface area contributed by atoms with Crippen LogP contribution >= 0.6 is 0 Å². The summed E-state index contributed by atoms with van der Waals surface area (Å²) in [6, 6.07) is 59.6. The number of anilines is 6. The highest BCUT2D eigenvalue weighted by molar-refractivity contribution is 5.85. The summed E-state index contributed by atoms with van der Waals surface area (Å²) in [5, 5.41) is 0. The Bertz CT molecular complexity index is 2000. The normalized spacial score (nSPS) is 11.0. The Morgan fingerprint density at radius 3 is 0.837 bits per heavy atom. The zero-order valence-electron chi connectivity index (χ0n) is 29.0. The van der Waals surface area contributed by atoms with E-state index in [-0.39, 0.29) is 0 Å². The second-order valence-corrected chi connectivity index (χ2v) is 13.2. The fourth-order valence-electron chi connectivity index (χ4n) is 6.92. The minimum atomic E-state index is 1.11. The fraction of sp³-hybridized carbons (Fsp3) is 0.106. The molecular weight excluding hydrogens is 593 g/mol. The first-order valence-corrected chi connectivity index (χ1v) is 17.0. The molecule has 49 heavy (non-hydrogen) atoms. The zero-order valence-corrected chi connectivity index (χ0v) is 29.0. The Balaban J connectivity index is 1.38. The SMILES string of the molecule is Cc1cc(C)cc(N(c2ccc(-c3ccccc3)cc2)c2cc(C)cc(N(c3ccc(-c4ccccc4)cc3)c3cc(C)cc(C)c3)c2)c1. The lowest BCUT2D eigenvalue weighted by Gasteiger charge is -2.31. The van der Waals surface area contributed by atoms with Crippen LogP contribution in [0.2, 0.25) is 0 Å². The van der Waals surface area contributed by atoms with Gasteiger partial charge >= 0.3 is 0 Å². The Morgan fingerprint density at radius 2 is 0.510 bits per heavy atom. The highest BCUT2D eigenvalue weighted by atomic mass is 15.2. The van der Waals surface area contributed by atoms with E-state index in [1.165, 1.54) is 50.1 Å². The van der Waals surface area contributed by atoms with Crippen LogP contribution in [-0.2, 0) is 0 Å². The van der Waals surface area contributed by atoms with Crippen molar-refractivity contribution in [2.45, 2.75) is 34.6 Å². The van der Waals surface area contributed by atoms with E-state index in [2.05, 4.69) is 208 Å². The highest BCUT2D eigenvalue weighted by Gasteiger charge is 2.19. The van der Waals surface area contributed by atoms with Gasteiger partial charge in [-0.25, -0.2) is 0 Å². The van der Waals surface area contributed by atoms with Gasteiger partial charge in [-0.2, -0.15) is 0 Å². The maximum atomic E-state index is 2.39. The van der Waals surface area contributed by atoms with Crippen LogP contribution < -0.4 is 9.80 Å². The maximum absolute atomic E-state index is 2.39. The van der Waals surface area contributed by atoms with Gasteiger partial charge in [0.1, 0.15) is 0 Å². The van der Waals surface area contributed by atoms with Gasteiger partial charge in [-0.15, -0.1) is 0 Å². The van der Waals surface area contributed by atoms with E-state index in [0.717, 1.165) is 34.1 Å². The first kappa shape index (κ1) is 31.7. The van der Waals surface area contributed by atoms with Gasteiger partial charge in [0.15, 0.2) is 0 Å². The molecule has 0 aliphatic rings. The quantitative estimate of drug-likeness (QED) is 0.164. The second kappa shape index (κ2) is 13.7. The molecule has 0 bridgehead atoms. The number of aryl methyl sites for hydroxylation is 5. The molecule has 0 aromatic heterocycles. The second-order valence-electron chi connectivity index (χ2n) is 13.2. The van der Waals surface area contributed by atoms with Crippen molar-refractivity contribution in [3.8, 4) is 22.3 Å². The highest BCUT2D eigenvalue weighted by Crippen LogP contribution is 2.42. The third-order valence-corrected chi connectivity index (χ3v) is 8.96. The number of nitrogens with zero attached hydrogens (tertiary/aromatic N) is 2.